The van der Waals surface area contributed by atoms with E-state index in [-0.39, 0.29) is 12.3 Å². The Labute approximate surface area is 104 Å². The molecular formula is C11H16N6O. The van der Waals surface area contributed by atoms with Crippen LogP contribution in [-0.4, -0.2) is 31.0 Å². The van der Waals surface area contributed by atoms with Gasteiger partial charge < -0.3 is 11.1 Å². The number of nitrogens with one attached hydrogen (secondary N) is 1. The first-order valence-electron chi connectivity index (χ1n) is 5.61. The van der Waals surface area contributed by atoms with Crippen molar-refractivity contribution in [2.45, 2.75) is 32.7 Å². The molecule has 0 atom stereocenters. The summed E-state index contributed by atoms with van der Waals surface area (Å²) in [5.41, 5.74) is 5.60. The molecule has 3 N–H and O–H groups in total. The molecule has 0 saturated heterocycles. The van der Waals surface area contributed by atoms with E-state index in [0.29, 0.717) is 5.78 Å². The van der Waals surface area contributed by atoms with Crippen molar-refractivity contribution in [2.24, 2.45) is 5.73 Å². The predicted molar refractivity (Wildman–Crippen MR) is 67.0 cm³/mol. The molecule has 18 heavy (non-hydrogen) atoms. The van der Waals surface area contributed by atoms with Gasteiger partial charge in [0.2, 0.25) is 5.91 Å². The molecule has 0 spiro atoms. The highest BCUT2D eigenvalue weighted by Gasteiger charge is 2.22. The quantitative estimate of drug-likeness (QED) is 0.821. The number of amides is 1. The van der Waals surface area contributed by atoms with E-state index in [4.69, 9.17) is 5.73 Å². The summed E-state index contributed by atoms with van der Waals surface area (Å²) >= 11 is 0. The number of nitrogens with two attached hydrogens (primary N) is 1. The fourth-order valence-electron chi connectivity index (χ4n) is 1.85. The smallest absolute Gasteiger partial charge is 0.254 e. The number of carbonyl (C=O) groups excluding carboxylic acids is 1. The van der Waals surface area contributed by atoms with Crippen molar-refractivity contribution < 1.29 is 4.79 Å². The van der Waals surface area contributed by atoms with E-state index in [1.165, 1.54) is 6.33 Å². The zero-order valence-corrected chi connectivity index (χ0v) is 10.6. The van der Waals surface area contributed by atoms with Crippen molar-refractivity contribution in [1.29, 1.82) is 0 Å². The molecule has 2 rings (SSSR count). The Morgan fingerprint density at radius 3 is 2.94 bits per heavy atom. The van der Waals surface area contributed by atoms with E-state index in [2.05, 4.69) is 20.4 Å². The molecule has 0 aliphatic heterocycles. The first kappa shape index (κ1) is 12.3. The summed E-state index contributed by atoms with van der Waals surface area (Å²) < 4.78 is 1.59. The van der Waals surface area contributed by atoms with E-state index in [0.717, 1.165) is 11.5 Å². The second-order valence-corrected chi connectivity index (χ2v) is 4.91. The monoisotopic (exact) mass is 248 g/mol. The van der Waals surface area contributed by atoms with Crippen molar-refractivity contribution in [3.8, 4) is 0 Å². The molecule has 0 unspecified atom stereocenters. The summed E-state index contributed by atoms with van der Waals surface area (Å²) in [4.78, 5) is 19.3. The van der Waals surface area contributed by atoms with E-state index >= 15 is 0 Å². The summed E-state index contributed by atoms with van der Waals surface area (Å²) in [7, 11) is 0. The molecule has 0 radical (unpaired) electrons. The van der Waals surface area contributed by atoms with Gasteiger partial charge in [-0.25, -0.2) is 4.98 Å². The van der Waals surface area contributed by atoms with Gasteiger partial charge in [0.05, 0.1) is 0 Å². The number of nitrogens with zero attached hydrogens (tertiary/aromatic N) is 4. The molecule has 2 aromatic rings. The van der Waals surface area contributed by atoms with Gasteiger partial charge in [0, 0.05) is 23.7 Å². The minimum absolute atomic E-state index is 0.227. The van der Waals surface area contributed by atoms with Gasteiger partial charge >= 0.3 is 0 Å². The molecule has 0 aliphatic rings. The molecule has 2 heterocycles. The van der Waals surface area contributed by atoms with Crippen LogP contribution in [0.2, 0.25) is 0 Å². The third-order valence-corrected chi connectivity index (χ3v) is 2.46. The molecule has 0 bridgehead atoms. The SMILES string of the molecule is Cc1cc(NC(C)(C)CC(N)=O)n2ncnc2n1. The lowest BCUT2D eigenvalue weighted by atomic mass is 10.0. The molecule has 2 aromatic heterocycles. The highest BCUT2D eigenvalue weighted by atomic mass is 16.1. The molecule has 0 aromatic carbocycles. The van der Waals surface area contributed by atoms with Gasteiger partial charge in [-0.3, -0.25) is 4.79 Å². The standard InChI is InChI=1S/C11H16N6O/c1-7-4-9(16-11(2,3)5-8(12)18)17-10(15-7)13-6-14-17/h4,6,16H,5H2,1-3H3,(H2,12,18). The first-order valence-corrected chi connectivity index (χ1v) is 5.61. The number of aryl methyl sites for hydroxylation is 1. The summed E-state index contributed by atoms with van der Waals surface area (Å²) in [6.07, 6.45) is 1.67. The molecule has 0 aliphatic carbocycles. The first-order chi connectivity index (χ1) is 8.37. The maximum atomic E-state index is 11.0. The molecule has 7 heteroatoms. The normalized spacial score (nSPS) is 11.7. The van der Waals surface area contributed by atoms with Crippen LogP contribution in [-0.2, 0) is 4.79 Å². The lowest BCUT2D eigenvalue weighted by molar-refractivity contribution is -0.118. The number of rotatable bonds is 4. The summed E-state index contributed by atoms with van der Waals surface area (Å²) in [6, 6.07) is 1.85. The fourth-order valence-corrected chi connectivity index (χ4v) is 1.85. The lowest BCUT2D eigenvalue weighted by Gasteiger charge is -2.26. The topological polar surface area (TPSA) is 98.2 Å². The number of fused-ring (bicyclic) bond motifs is 1. The molecule has 0 saturated carbocycles. The van der Waals surface area contributed by atoms with Gasteiger partial charge in [-0.05, 0) is 20.8 Å². The average Bonchev–Trinajstić information content (AvgIpc) is 2.61. The number of hydrogen-bond donors (Lipinski definition) is 2. The van der Waals surface area contributed by atoms with Gasteiger partial charge in [-0.2, -0.15) is 14.6 Å². The molecular weight excluding hydrogens is 232 g/mol. The Kier molecular flexibility index (Phi) is 2.90. The molecule has 96 valence electrons. The van der Waals surface area contributed by atoms with Gasteiger partial charge in [-0.1, -0.05) is 0 Å². The number of carbonyl (C=O) groups is 1. The minimum atomic E-state index is -0.460. The van der Waals surface area contributed by atoms with Gasteiger partial charge in [0.1, 0.15) is 12.1 Å². The van der Waals surface area contributed by atoms with Crippen LogP contribution in [0.1, 0.15) is 26.0 Å². The fraction of sp³-hybridized carbons (Fsp3) is 0.455. The summed E-state index contributed by atoms with van der Waals surface area (Å²) in [5.74, 6) is 0.904. The Bertz CT molecular complexity index is 588. The highest BCUT2D eigenvalue weighted by molar-refractivity contribution is 5.75. The number of anilines is 1. The molecule has 0 fully saturated rings. The van der Waals surface area contributed by atoms with Crippen molar-refractivity contribution in [1.82, 2.24) is 19.6 Å². The Morgan fingerprint density at radius 2 is 2.28 bits per heavy atom. The predicted octanol–water partition coefficient (Wildman–Crippen LogP) is 0.499. The van der Waals surface area contributed by atoms with Crippen LogP contribution < -0.4 is 11.1 Å². The van der Waals surface area contributed by atoms with E-state index in [1.807, 2.05) is 26.8 Å². The third-order valence-electron chi connectivity index (χ3n) is 2.46. The second kappa shape index (κ2) is 4.25. The summed E-state index contributed by atoms with van der Waals surface area (Å²) in [5, 5.41) is 7.33. The average molecular weight is 248 g/mol. The van der Waals surface area contributed by atoms with Gasteiger partial charge in [0.25, 0.3) is 5.78 Å². The maximum Gasteiger partial charge on any atom is 0.254 e. The summed E-state index contributed by atoms with van der Waals surface area (Å²) in [6.45, 7) is 5.67. The van der Waals surface area contributed by atoms with Crippen LogP contribution in [0, 0.1) is 6.92 Å². The number of aromatic nitrogens is 4. The van der Waals surface area contributed by atoms with Gasteiger partial charge in [-0.15, -0.1) is 0 Å². The van der Waals surface area contributed by atoms with Crippen LogP contribution in [0.4, 0.5) is 5.82 Å². The van der Waals surface area contributed by atoms with E-state index in [9.17, 15) is 4.79 Å². The Balaban J connectivity index is 2.36. The second-order valence-electron chi connectivity index (χ2n) is 4.91. The zero-order valence-electron chi connectivity index (χ0n) is 10.6. The van der Waals surface area contributed by atoms with Crippen LogP contribution in [0.25, 0.3) is 5.78 Å². The Hall–Kier alpha value is -2.18. The molecule has 7 nitrogen and oxygen atoms in total. The number of primary amides is 1. The third kappa shape index (κ3) is 2.55. The molecule has 1 amide bonds. The van der Waals surface area contributed by atoms with Crippen molar-refractivity contribution in [3.05, 3.63) is 18.1 Å². The highest BCUT2D eigenvalue weighted by Crippen LogP contribution is 2.18. The van der Waals surface area contributed by atoms with E-state index in [1.54, 1.807) is 4.52 Å². The van der Waals surface area contributed by atoms with Crippen LogP contribution in [0.15, 0.2) is 12.4 Å². The van der Waals surface area contributed by atoms with Crippen molar-refractivity contribution >= 4 is 17.5 Å². The number of hydrogen-bond acceptors (Lipinski definition) is 5. The Morgan fingerprint density at radius 1 is 1.56 bits per heavy atom. The largest absolute Gasteiger partial charge is 0.370 e. The van der Waals surface area contributed by atoms with Crippen molar-refractivity contribution in [3.63, 3.8) is 0 Å². The van der Waals surface area contributed by atoms with E-state index < -0.39 is 5.54 Å². The minimum Gasteiger partial charge on any atom is -0.370 e. The lowest BCUT2D eigenvalue weighted by Crippen LogP contribution is -2.36. The van der Waals surface area contributed by atoms with Crippen LogP contribution in [0.5, 0.6) is 0 Å². The maximum absolute atomic E-state index is 11.0. The van der Waals surface area contributed by atoms with Crippen molar-refractivity contribution in [2.75, 3.05) is 5.32 Å². The van der Waals surface area contributed by atoms with Gasteiger partial charge in [0.15, 0.2) is 0 Å². The van der Waals surface area contributed by atoms with Crippen LogP contribution in [0.3, 0.4) is 0 Å². The zero-order chi connectivity index (χ0) is 13.3. The van der Waals surface area contributed by atoms with Crippen LogP contribution >= 0.6 is 0 Å².